The molecule has 0 amide bonds. The van der Waals surface area contributed by atoms with Crippen LogP contribution in [0.5, 0.6) is 0 Å². The van der Waals surface area contributed by atoms with Crippen molar-refractivity contribution in [2.75, 3.05) is 0 Å². The first-order valence-electron chi connectivity index (χ1n) is 5.36. The summed E-state index contributed by atoms with van der Waals surface area (Å²) in [5.41, 5.74) is 1.58. The molecule has 3 aromatic rings. The van der Waals surface area contributed by atoms with E-state index in [1.54, 1.807) is 0 Å². The summed E-state index contributed by atoms with van der Waals surface area (Å²) in [5.74, 6) is 0. The number of rotatable bonds is 2. The van der Waals surface area contributed by atoms with Crippen LogP contribution in [-0.4, -0.2) is 18.9 Å². The highest BCUT2D eigenvalue weighted by Crippen LogP contribution is 2.06. The lowest BCUT2D eigenvalue weighted by atomic mass is 10.4. The summed E-state index contributed by atoms with van der Waals surface area (Å²) in [6.45, 7) is 0.410. The second-order valence-corrected chi connectivity index (χ2v) is 4.73. The normalized spacial score (nSPS) is 10.9. The number of halogens is 1. The van der Waals surface area contributed by atoms with E-state index in [-0.39, 0.29) is 5.56 Å². The van der Waals surface area contributed by atoms with E-state index in [1.807, 2.05) is 35.0 Å². The van der Waals surface area contributed by atoms with Crippen LogP contribution in [0.3, 0.4) is 0 Å². The molecular weight excluding hydrogens is 296 g/mol. The van der Waals surface area contributed by atoms with Crippen molar-refractivity contribution in [1.82, 2.24) is 18.9 Å². The Hall–Kier alpha value is -1.95. The standard InChI is InChI=1S/C12H9BrN4O/c13-10-5-14-8-17(12(10)18)7-9-6-16-4-2-1-3-11(16)15-9/h1-6,8H,7H2. The van der Waals surface area contributed by atoms with E-state index in [0.29, 0.717) is 11.0 Å². The molecule has 0 N–H and O–H groups in total. The molecule has 3 heterocycles. The van der Waals surface area contributed by atoms with Crippen LogP contribution < -0.4 is 5.56 Å². The maximum atomic E-state index is 11.8. The topological polar surface area (TPSA) is 52.2 Å². The molecular formula is C12H9BrN4O. The Labute approximate surface area is 111 Å². The lowest BCUT2D eigenvalue weighted by molar-refractivity contribution is 0.718. The Morgan fingerprint density at radius 3 is 3.06 bits per heavy atom. The van der Waals surface area contributed by atoms with E-state index in [9.17, 15) is 4.79 Å². The van der Waals surface area contributed by atoms with Crippen molar-refractivity contribution in [2.24, 2.45) is 0 Å². The van der Waals surface area contributed by atoms with Gasteiger partial charge in [-0.3, -0.25) is 9.36 Å². The Morgan fingerprint density at radius 1 is 1.33 bits per heavy atom. The lowest BCUT2D eigenvalue weighted by Gasteiger charge is -2.01. The van der Waals surface area contributed by atoms with E-state index in [2.05, 4.69) is 25.9 Å². The van der Waals surface area contributed by atoms with Crippen LogP contribution in [0.1, 0.15) is 5.69 Å². The lowest BCUT2D eigenvalue weighted by Crippen LogP contribution is -2.21. The first-order valence-corrected chi connectivity index (χ1v) is 6.16. The molecule has 3 rings (SSSR count). The van der Waals surface area contributed by atoms with Gasteiger partial charge in [0.1, 0.15) is 10.1 Å². The van der Waals surface area contributed by atoms with Gasteiger partial charge >= 0.3 is 0 Å². The molecule has 0 spiro atoms. The molecule has 0 atom stereocenters. The first kappa shape index (κ1) is 11.2. The number of nitrogens with zero attached hydrogens (tertiary/aromatic N) is 4. The van der Waals surface area contributed by atoms with Gasteiger partial charge in [-0.15, -0.1) is 0 Å². The largest absolute Gasteiger partial charge is 0.307 e. The van der Waals surface area contributed by atoms with Gasteiger partial charge in [-0.25, -0.2) is 9.97 Å². The minimum absolute atomic E-state index is 0.109. The molecule has 6 heteroatoms. The predicted octanol–water partition coefficient (Wildman–Crippen LogP) is 1.70. The molecule has 0 aliphatic heterocycles. The average molecular weight is 305 g/mol. The molecule has 5 nitrogen and oxygen atoms in total. The fourth-order valence-electron chi connectivity index (χ4n) is 1.77. The van der Waals surface area contributed by atoms with Crippen molar-refractivity contribution in [3.63, 3.8) is 0 Å². The molecule has 0 aliphatic carbocycles. The summed E-state index contributed by atoms with van der Waals surface area (Å²) in [5, 5.41) is 0. The molecule has 0 saturated carbocycles. The molecule has 18 heavy (non-hydrogen) atoms. The van der Waals surface area contributed by atoms with Crippen LogP contribution in [0.15, 0.2) is 52.4 Å². The van der Waals surface area contributed by atoms with E-state index < -0.39 is 0 Å². The van der Waals surface area contributed by atoms with E-state index in [0.717, 1.165) is 11.3 Å². The highest BCUT2D eigenvalue weighted by atomic mass is 79.9. The molecule has 90 valence electrons. The summed E-state index contributed by atoms with van der Waals surface area (Å²) in [6, 6.07) is 5.79. The molecule has 0 aliphatic rings. The van der Waals surface area contributed by atoms with Crippen molar-refractivity contribution in [3.8, 4) is 0 Å². The van der Waals surface area contributed by atoms with Gasteiger partial charge in [-0.05, 0) is 28.1 Å². The van der Waals surface area contributed by atoms with Crippen LogP contribution in [0.2, 0.25) is 0 Å². The fraction of sp³-hybridized carbons (Fsp3) is 0.0833. The average Bonchev–Trinajstić information content (AvgIpc) is 2.77. The molecule has 0 aromatic carbocycles. The SMILES string of the molecule is O=c1c(Br)cncn1Cc1cn2ccccc2n1. The Bertz CT molecular complexity index is 729. The summed E-state index contributed by atoms with van der Waals surface area (Å²) in [6.07, 6.45) is 6.83. The number of imidazole rings is 1. The fourth-order valence-corrected chi connectivity index (χ4v) is 2.12. The molecule has 0 saturated heterocycles. The van der Waals surface area contributed by atoms with Gasteiger partial charge in [0.25, 0.3) is 5.56 Å². The summed E-state index contributed by atoms with van der Waals surface area (Å²) in [4.78, 5) is 20.2. The van der Waals surface area contributed by atoms with E-state index in [1.165, 1.54) is 17.1 Å². The zero-order valence-electron chi connectivity index (χ0n) is 9.32. The molecule has 0 fully saturated rings. The van der Waals surface area contributed by atoms with Crippen LogP contribution in [0.25, 0.3) is 5.65 Å². The van der Waals surface area contributed by atoms with Gasteiger partial charge in [0.05, 0.1) is 18.6 Å². The van der Waals surface area contributed by atoms with Gasteiger partial charge < -0.3 is 4.40 Å². The van der Waals surface area contributed by atoms with E-state index in [4.69, 9.17) is 0 Å². The molecule has 0 unspecified atom stereocenters. The Balaban J connectivity index is 2.01. The second-order valence-electron chi connectivity index (χ2n) is 3.87. The predicted molar refractivity (Wildman–Crippen MR) is 70.5 cm³/mol. The van der Waals surface area contributed by atoms with Gasteiger partial charge in [-0.2, -0.15) is 0 Å². The molecule has 0 bridgehead atoms. The smallest absolute Gasteiger partial charge is 0.267 e. The minimum atomic E-state index is -0.109. The van der Waals surface area contributed by atoms with Crippen molar-refractivity contribution in [3.05, 3.63) is 63.6 Å². The summed E-state index contributed by atoms with van der Waals surface area (Å²) in [7, 11) is 0. The highest BCUT2D eigenvalue weighted by Gasteiger charge is 2.05. The zero-order valence-corrected chi connectivity index (χ0v) is 10.9. The van der Waals surface area contributed by atoms with Crippen LogP contribution in [-0.2, 0) is 6.54 Å². The van der Waals surface area contributed by atoms with Gasteiger partial charge in [0.2, 0.25) is 0 Å². The van der Waals surface area contributed by atoms with Crippen molar-refractivity contribution in [1.29, 1.82) is 0 Å². The van der Waals surface area contributed by atoms with Crippen molar-refractivity contribution < 1.29 is 0 Å². The summed E-state index contributed by atoms with van der Waals surface area (Å²) < 4.78 is 3.89. The van der Waals surface area contributed by atoms with Crippen molar-refractivity contribution >= 4 is 21.6 Å². The number of hydrogen-bond donors (Lipinski definition) is 0. The number of fused-ring (bicyclic) bond motifs is 1. The number of pyridine rings is 1. The summed E-state index contributed by atoms with van der Waals surface area (Å²) >= 11 is 3.17. The third-order valence-electron chi connectivity index (χ3n) is 2.61. The maximum absolute atomic E-state index is 11.8. The van der Waals surface area contributed by atoms with Gasteiger partial charge in [-0.1, -0.05) is 6.07 Å². The van der Waals surface area contributed by atoms with Crippen molar-refractivity contribution in [2.45, 2.75) is 6.54 Å². The Kier molecular flexibility index (Phi) is 2.71. The minimum Gasteiger partial charge on any atom is -0.307 e. The quantitative estimate of drug-likeness (QED) is 0.724. The van der Waals surface area contributed by atoms with Crippen LogP contribution in [0.4, 0.5) is 0 Å². The van der Waals surface area contributed by atoms with Crippen LogP contribution in [0, 0.1) is 0 Å². The number of aromatic nitrogens is 4. The maximum Gasteiger partial charge on any atom is 0.267 e. The number of hydrogen-bond acceptors (Lipinski definition) is 3. The monoisotopic (exact) mass is 304 g/mol. The van der Waals surface area contributed by atoms with Crippen LogP contribution >= 0.6 is 15.9 Å². The second kappa shape index (κ2) is 4.38. The zero-order chi connectivity index (χ0) is 12.5. The third kappa shape index (κ3) is 1.95. The molecule has 3 aromatic heterocycles. The highest BCUT2D eigenvalue weighted by molar-refractivity contribution is 9.10. The van der Waals surface area contributed by atoms with Gasteiger partial charge in [0.15, 0.2) is 0 Å². The van der Waals surface area contributed by atoms with E-state index >= 15 is 0 Å². The third-order valence-corrected chi connectivity index (χ3v) is 3.15. The molecule has 0 radical (unpaired) electrons. The van der Waals surface area contributed by atoms with Gasteiger partial charge in [0, 0.05) is 18.6 Å². The first-order chi connectivity index (χ1) is 8.74. The Morgan fingerprint density at radius 2 is 2.22 bits per heavy atom.